The first-order chi connectivity index (χ1) is 18.0. The average molecular weight is 571 g/mol. The highest BCUT2D eigenvalue weighted by molar-refractivity contribution is 7.11. The third-order valence-electron chi connectivity index (χ3n) is 6.44. The number of carbonyl (C=O) groups excluding carboxylic acids is 1. The van der Waals surface area contributed by atoms with E-state index in [1.807, 2.05) is 0 Å². The van der Waals surface area contributed by atoms with Crippen LogP contribution in [0.4, 0.5) is 13.2 Å². The van der Waals surface area contributed by atoms with Gasteiger partial charge in [0.1, 0.15) is 11.9 Å². The normalized spacial score (nSPS) is 22.1. The zero-order valence-corrected chi connectivity index (χ0v) is 22.2. The molecule has 2 aliphatic heterocycles. The number of likely N-dealkylation sites (tertiary alicyclic amines) is 1. The minimum Gasteiger partial charge on any atom is -0.481 e. The van der Waals surface area contributed by atoms with Crippen LogP contribution in [-0.2, 0) is 14.3 Å². The lowest BCUT2D eigenvalue weighted by Crippen LogP contribution is -2.43. The van der Waals surface area contributed by atoms with Gasteiger partial charge in [0.2, 0.25) is 0 Å². The fourth-order valence-electron chi connectivity index (χ4n) is 4.83. The van der Waals surface area contributed by atoms with Crippen LogP contribution in [-0.4, -0.2) is 64.4 Å². The van der Waals surface area contributed by atoms with Gasteiger partial charge in [0.15, 0.2) is 10.8 Å². The molecule has 13 heteroatoms. The van der Waals surface area contributed by atoms with Gasteiger partial charge in [-0.05, 0) is 25.0 Å². The number of halogens is 4. The summed E-state index contributed by atoms with van der Waals surface area (Å²) >= 11 is 7.64. The maximum Gasteiger partial charge on any atom is 0.338 e. The summed E-state index contributed by atoms with van der Waals surface area (Å²) in [6.07, 6.45) is 0.775. The lowest BCUT2D eigenvalue weighted by Gasteiger charge is -2.33. The number of benzene rings is 1. The maximum atomic E-state index is 14.6. The van der Waals surface area contributed by atoms with Crippen LogP contribution < -0.4 is 5.32 Å². The molecule has 1 saturated heterocycles. The van der Waals surface area contributed by atoms with Crippen molar-refractivity contribution in [3.63, 3.8) is 0 Å². The number of carboxylic acids is 1. The Labute approximate surface area is 226 Å². The number of esters is 1. The number of ether oxygens (including phenoxy) is 1. The molecule has 0 spiro atoms. The summed E-state index contributed by atoms with van der Waals surface area (Å²) < 4.78 is 48.4. The van der Waals surface area contributed by atoms with E-state index >= 15 is 0 Å². The molecule has 38 heavy (non-hydrogen) atoms. The number of aromatic nitrogens is 1. The number of hydrogen-bond donors (Lipinski definition) is 2. The number of aliphatic carboxylic acids is 1. The summed E-state index contributed by atoms with van der Waals surface area (Å²) in [5.74, 6) is -5.72. The third-order valence-corrected chi connectivity index (χ3v) is 7.55. The first-order valence-corrected chi connectivity index (χ1v) is 13.2. The first kappa shape index (κ1) is 28.1. The molecule has 3 unspecified atom stereocenters. The Hall–Kier alpha value is -2.96. The summed E-state index contributed by atoms with van der Waals surface area (Å²) in [4.78, 5) is 35.0. The van der Waals surface area contributed by atoms with Gasteiger partial charge in [0, 0.05) is 53.3 Å². The topological polar surface area (TPSA) is 104 Å². The van der Waals surface area contributed by atoms with Gasteiger partial charge < -0.3 is 15.2 Å². The molecule has 4 rings (SSSR count). The van der Waals surface area contributed by atoms with E-state index in [-0.39, 0.29) is 41.7 Å². The van der Waals surface area contributed by atoms with Crippen LogP contribution in [0.5, 0.6) is 0 Å². The lowest BCUT2D eigenvalue weighted by atomic mass is 9.93. The lowest BCUT2D eigenvalue weighted by molar-refractivity contribution is -0.139. The van der Waals surface area contributed by atoms with Gasteiger partial charge in [-0.3, -0.25) is 14.7 Å². The molecule has 1 fully saturated rings. The molecule has 0 aliphatic carbocycles. The van der Waals surface area contributed by atoms with E-state index in [0.29, 0.717) is 10.6 Å². The Morgan fingerprint density at radius 3 is 2.79 bits per heavy atom. The number of carboxylic acid groups (broad SMARTS) is 1. The van der Waals surface area contributed by atoms with E-state index in [0.717, 1.165) is 6.07 Å². The van der Waals surface area contributed by atoms with Gasteiger partial charge in [0.25, 0.3) is 5.92 Å². The Bertz CT molecular complexity index is 1270. The minimum absolute atomic E-state index is 0.0287. The van der Waals surface area contributed by atoms with Gasteiger partial charge >= 0.3 is 11.9 Å². The van der Waals surface area contributed by atoms with E-state index in [2.05, 4.69) is 15.3 Å². The van der Waals surface area contributed by atoms with E-state index < -0.39 is 54.6 Å². The molecule has 3 heterocycles. The quantitative estimate of drug-likeness (QED) is 0.422. The van der Waals surface area contributed by atoms with Crippen LogP contribution >= 0.6 is 22.9 Å². The number of alkyl halides is 2. The Morgan fingerprint density at radius 1 is 1.39 bits per heavy atom. The smallest absolute Gasteiger partial charge is 0.338 e. The molecule has 1 aromatic carbocycles. The highest BCUT2D eigenvalue weighted by Crippen LogP contribution is 2.40. The van der Waals surface area contributed by atoms with Gasteiger partial charge in [-0.15, -0.1) is 11.3 Å². The third kappa shape index (κ3) is 6.19. The van der Waals surface area contributed by atoms with Crippen LogP contribution in [0.3, 0.4) is 0 Å². The number of carbonyl (C=O) groups is 2. The van der Waals surface area contributed by atoms with E-state index in [9.17, 15) is 27.9 Å². The standard InChI is InChI=1S/C25H26ClF3N4O4S/c1-3-37-24(36)20-17(11-33-12-25(28,29)10-18(33)13(2)8-19(34)35)31-22(23-30-6-7-38-23)32-21(20)15-5-4-14(27)9-16(15)26/h4-7,9,13,18,21H,3,8,10-12H2,1-2H3,(H,31,32)(H,34,35). The summed E-state index contributed by atoms with van der Waals surface area (Å²) in [7, 11) is 0. The highest BCUT2D eigenvalue weighted by atomic mass is 35.5. The van der Waals surface area contributed by atoms with E-state index in [1.54, 1.807) is 25.4 Å². The number of amidine groups is 1. The molecule has 0 radical (unpaired) electrons. The van der Waals surface area contributed by atoms with Gasteiger partial charge in [-0.2, -0.15) is 0 Å². The van der Waals surface area contributed by atoms with Crippen molar-refractivity contribution in [2.24, 2.45) is 10.9 Å². The van der Waals surface area contributed by atoms with Crippen molar-refractivity contribution < 1.29 is 32.6 Å². The average Bonchev–Trinajstić information content (AvgIpc) is 3.46. The van der Waals surface area contributed by atoms with Crippen molar-refractivity contribution in [2.45, 2.75) is 44.7 Å². The van der Waals surface area contributed by atoms with Crippen molar-refractivity contribution in [3.05, 3.63) is 62.5 Å². The molecule has 204 valence electrons. The van der Waals surface area contributed by atoms with Gasteiger partial charge in [-0.1, -0.05) is 24.6 Å². The molecular weight excluding hydrogens is 545 g/mol. The number of hydrogen-bond acceptors (Lipinski definition) is 8. The number of nitrogens with zero attached hydrogens (tertiary/aromatic N) is 3. The SMILES string of the molecule is CCOC(=O)C1=C(CN2CC(F)(F)CC2C(C)CC(=O)O)NC(c2nccs2)=NC1c1ccc(F)cc1Cl. The molecule has 1 aromatic heterocycles. The second-order valence-electron chi connectivity index (χ2n) is 9.23. The summed E-state index contributed by atoms with van der Waals surface area (Å²) in [6, 6.07) is 1.92. The molecule has 0 amide bonds. The summed E-state index contributed by atoms with van der Waals surface area (Å²) in [5, 5.41) is 14.6. The molecule has 2 aromatic rings. The van der Waals surface area contributed by atoms with Crippen LogP contribution in [0.25, 0.3) is 0 Å². The van der Waals surface area contributed by atoms with E-state index in [1.165, 1.54) is 28.4 Å². The predicted molar refractivity (Wildman–Crippen MR) is 136 cm³/mol. The second kappa shape index (κ2) is 11.4. The Kier molecular flexibility index (Phi) is 8.43. The van der Waals surface area contributed by atoms with Crippen molar-refractivity contribution >= 4 is 40.7 Å². The molecule has 2 N–H and O–H groups in total. The van der Waals surface area contributed by atoms with Crippen LogP contribution in [0.2, 0.25) is 5.02 Å². The number of rotatable bonds is 9. The number of aliphatic imine (C=N–C) groups is 1. The molecule has 2 aliphatic rings. The molecule has 0 saturated carbocycles. The van der Waals surface area contributed by atoms with Crippen molar-refractivity contribution in [1.29, 1.82) is 0 Å². The summed E-state index contributed by atoms with van der Waals surface area (Å²) in [5.41, 5.74) is 0.617. The second-order valence-corrected chi connectivity index (χ2v) is 10.5. The largest absolute Gasteiger partial charge is 0.481 e. The zero-order chi connectivity index (χ0) is 27.6. The molecule has 0 bridgehead atoms. The van der Waals surface area contributed by atoms with Crippen LogP contribution in [0.15, 0.2) is 46.0 Å². The minimum atomic E-state index is -3.04. The highest BCUT2D eigenvalue weighted by Gasteiger charge is 2.48. The fourth-order valence-corrected chi connectivity index (χ4v) is 5.69. The summed E-state index contributed by atoms with van der Waals surface area (Å²) in [6.45, 7) is 2.53. The Morgan fingerprint density at radius 2 is 2.16 bits per heavy atom. The van der Waals surface area contributed by atoms with Crippen molar-refractivity contribution in [3.8, 4) is 0 Å². The number of nitrogens with one attached hydrogen (secondary N) is 1. The maximum absolute atomic E-state index is 14.6. The molecule has 3 atom stereocenters. The molecule has 8 nitrogen and oxygen atoms in total. The van der Waals surface area contributed by atoms with Gasteiger partial charge in [0.05, 0.1) is 18.7 Å². The van der Waals surface area contributed by atoms with Crippen LogP contribution in [0, 0.1) is 11.7 Å². The van der Waals surface area contributed by atoms with Crippen molar-refractivity contribution in [2.75, 3.05) is 19.7 Å². The van der Waals surface area contributed by atoms with Gasteiger partial charge in [-0.25, -0.2) is 22.9 Å². The first-order valence-electron chi connectivity index (χ1n) is 11.9. The van der Waals surface area contributed by atoms with Crippen molar-refractivity contribution in [1.82, 2.24) is 15.2 Å². The van der Waals surface area contributed by atoms with Crippen LogP contribution in [0.1, 0.15) is 43.3 Å². The predicted octanol–water partition coefficient (Wildman–Crippen LogP) is 4.66. The number of thiazole rings is 1. The monoisotopic (exact) mass is 570 g/mol. The van der Waals surface area contributed by atoms with E-state index in [4.69, 9.17) is 16.3 Å². The Balaban J connectivity index is 1.82. The zero-order valence-electron chi connectivity index (χ0n) is 20.6. The molecular formula is C25H26ClF3N4O4S. The fraction of sp³-hybridized carbons (Fsp3) is 0.440.